The van der Waals surface area contributed by atoms with Gasteiger partial charge < -0.3 is 10.4 Å². The van der Waals surface area contributed by atoms with Crippen LogP contribution in [0.25, 0.3) is 0 Å². The van der Waals surface area contributed by atoms with Crippen LogP contribution in [0.3, 0.4) is 0 Å². The van der Waals surface area contributed by atoms with Gasteiger partial charge in [-0.05, 0) is 24.6 Å². The Balaban J connectivity index is 1.59. The lowest BCUT2D eigenvalue weighted by molar-refractivity contribution is 0.160. The highest BCUT2D eigenvalue weighted by molar-refractivity contribution is 5.21. The summed E-state index contributed by atoms with van der Waals surface area (Å²) in [7, 11) is 0. The SMILES string of the molecule is O[C@H](CN[C@@H]1CCc2ncnn2C1)c1cc(F)ccc1F. The van der Waals surface area contributed by atoms with Crippen molar-refractivity contribution < 1.29 is 13.9 Å². The third-order valence-electron chi connectivity index (χ3n) is 3.72. The molecule has 3 rings (SSSR count). The first kappa shape index (κ1) is 14.1. The number of fused-ring (bicyclic) bond motifs is 1. The molecule has 2 atom stereocenters. The Morgan fingerprint density at radius 1 is 1.43 bits per heavy atom. The lowest BCUT2D eigenvalue weighted by Gasteiger charge is -2.25. The second-order valence-corrected chi connectivity index (χ2v) is 5.18. The summed E-state index contributed by atoms with van der Waals surface area (Å²) in [4.78, 5) is 4.14. The summed E-state index contributed by atoms with van der Waals surface area (Å²) in [5, 5.41) is 17.3. The van der Waals surface area contributed by atoms with Gasteiger partial charge in [-0.25, -0.2) is 18.4 Å². The maximum absolute atomic E-state index is 13.6. The van der Waals surface area contributed by atoms with Crippen LogP contribution in [0.5, 0.6) is 0 Å². The number of nitrogens with zero attached hydrogens (tertiary/aromatic N) is 3. The van der Waals surface area contributed by atoms with Gasteiger partial charge in [0.05, 0.1) is 12.6 Å². The molecule has 0 unspecified atom stereocenters. The molecule has 5 nitrogen and oxygen atoms in total. The van der Waals surface area contributed by atoms with Crippen LogP contribution in [-0.4, -0.2) is 32.5 Å². The minimum absolute atomic E-state index is 0.0280. The molecule has 0 amide bonds. The van der Waals surface area contributed by atoms with Gasteiger partial charge in [0.15, 0.2) is 0 Å². The highest BCUT2D eigenvalue weighted by atomic mass is 19.1. The van der Waals surface area contributed by atoms with Crippen molar-refractivity contribution in [3.8, 4) is 0 Å². The van der Waals surface area contributed by atoms with Crippen LogP contribution in [0.1, 0.15) is 23.9 Å². The molecule has 2 heterocycles. The highest BCUT2D eigenvalue weighted by Crippen LogP contribution is 2.18. The molecule has 7 heteroatoms. The lowest BCUT2D eigenvalue weighted by atomic mass is 10.1. The van der Waals surface area contributed by atoms with E-state index in [1.807, 2.05) is 4.68 Å². The molecule has 0 saturated heterocycles. The van der Waals surface area contributed by atoms with Gasteiger partial charge >= 0.3 is 0 Å². The van der Waals surface area contributed by atoms with E-state index in [-0.39, 0.29) is 18.2 Å². The monoisotopic (exact) mass is 294 g/mol. The molecule has 0 aliphatic carbocycles. The van der Waals surface area contributed by atoms with Gasteiger partial charge in [-0.1, -0.05) is 0 Å². The van der Waals surface area contributed by atoms with Crippen molar-refractivity contribution in [2.75, 3.05) is 6.54 Å². The fraction of sp³-hybridized carbons (Fsp3) is 0.429. The van der Waals surface area contributed by atoms with E-state index in [0.29, 0.717) is 6.54 Å². The van der Waals surface area contributed by atoms with Crippen molar-refractivity contribution in [2.24, 2.45) is 0 Å². The van der Waals surface area contributed by atoms with Crippen molar-refractivity contribution in [1.82, 2.24) is 20.1 Å². The minimum Gasteiger partial charge on any atom is -0.387 e. The van der Waals surface area contributed by atoms with Gasteiger partial charge in [0.1, 0.15) is 23.8 Å². The topological polar surface area (TPSA) is 63.0 Å². The number of nitrogens with one attached hydrogen (secondary N) is 1. The Kier molecular flexibility index (Phi) is 3.94. The van der Waals surface area contributed by atoms with Crippen LogP contribution in [0, 0.1) is 11.6 Å². The molecule has 1 aromatic heterocycles. The van der Waals surface area contributed by atoms with Gasteiger partial charge in [0, 0.05) is 24.6 Å². The van der Waals surface area contributed by atoms with Gasteiger partial charge in [0.2, 0.25) is 0 Å². The first-order valence-electron chi connectivity index (χ1n) is 6.86. The summed E-state index contributed by atoms with van der Waals surface area (Å²) in [6.07, 6.45) is 2.12. The van der Waals surface area contributed by atoms with Crippen molar-refractivity contribution in [1.29, 1.82) is 0 Å². The Morgan fingerprint density at radius 3 is 3.14 bits per heavy atom. The molecular formula is C14H16F2N4O. The van der Waals surface area contributed by atoms with Crippen LogP contribution in [0.15, 0.2) is 24.5 Å². The molecule has 2 aromatic rings. The maximum atomic E-state index is 13.6. The molecule has 1 aromatic carbocycles. The second-order valence-electron chi connectivity index (χ2n) is 5.18. The number of halogens is 2. The Hall–Kier alpha value is -1.86. The predicted molar refractivity (Wildman–Crippen MR) is 71.5 cm³/mol. The number of hydrogen-bond acceptors (Lipinski definition) is 4. The fourth-order valence-electron chi connectivity index (χ4n) is 2.56. The zero-order chi connectivity index (χ0) is 14.8. The summed E-state index contributed by atoms with van der Waals surface area (Å²) in [5.41, 5.74) is -0.0280. The minimum atomic E-state index is -1.09. The van der Waals surface area contributed by atoms with E-state index in [1.165, 1.54) is 6.33 Å². The van der Waals surface area contributed by atoms with Gasteiger partial charge in [-0.2, -0.15) is 5.10 Å². The van der Waals surface area contributed by atoms with Crippen LogP contribution in [0.4, 0.5) is 8.78 Å². The van der Waals surface area contributed by atoms with Gasteiger partial charge in [0.25, 0.3) is 0 Å². The number of benzene rings is 1. The first-order valence-corrected chi connectivity index (χ1v) is 6.86. The maximum Gasteiger partial charge on any atom is 0.138 e. The van der Waals surface area contributed by atoms with E-state index < -0.39 is 17.7 Å². The molecule has 1 aliphatic rings. The van der Waals surface area contributed by atoms with Gasteiger partial charge in [-0.15, -0.1) is 0 Å². The molecule has 0 radical (unpaired) electrons. The lowest BCUT2D eigenvalue weighted by Crippen LogP contribution is -2.39. The Morgan fingerprint density at radius 2 is 2.29 bits per heavy atom. The molecule has 0 saturated carbocycles. The summed E-state index contributed by atoms with van der Waals surface area (Å²) < 4.78 is 28.5. The van der Waals surface area contributed by atoms with E-state index in [9.17, 15) is 13.9 Å². The summed E-state index contributed by atoms with van der Waals surface area (Å²) in [5.74, 6) is -0.215. The third kappa shape index (κ3) is 3.08. The van der Waals surface area contributed by atoms with Crippen molar-refractivity contribution in [3.63, 3.8) is 0 Å². The number of aromatic nitrogens is 3. The zero-order valence-electron chi connectivity index (χ0n) is 11.3. The molecule has 0 fully saturated rings. The largest absolute Gasteiger partial charge is 0.387 e. The van der Waals surface area contributed by atoms with Gasteiger partial charge in [-0.3, -0.25) is 0 Å². The zero-order valence-corrected chi connectivity index (χ0v) is 11.3. The van der Waals surface area contributed by atoms with Crippen LogP contribution in [-0.2, 0) is 13.0 Å². The van der Waals surface area contributed by atoms with E-state index in [4.69, 9.17) is 0 Å². The number of rotatable bonds is 4. The Bertz CT molecular complexity index is 631. The number of aliphatic hydroxyl groups excluding tert-OH is 1. The van der Waals surface area contributed by atoms with Crippen LogP contribution in [0.2, 0.25) is 0 Å². The van der Waals surface area contributed by atoms with Crippen molar-refractivity contribution in [2.45, 2.75) is 31.5 Å². The molecule has 0 bridgehead atoms. The first-order chi connectivity index (χ1) is 10.1. The molecule has 21 heavy (non-hydrogen) atoms. The smallest absolute Gasteiger partial charge is 0.138 e. The number of aliphatic hydroxyl groups is 1. The van der Waals surface area contributed by atoms with E-state index >= 15 is 0 Å². The average Bonchev–Trinajstić information content (AvgIpc) is 2.94. The van der Waals surface area contributed by atoms with E-state index in [0.717, 1.165) is 36.9 Å². The summed E-state index contributed by atoms with van der Waals surface area (Å²) in [6, 6.07) is 3.21. The van der Waals surface area contributed by atoms with E-state index in [1.54, 1.807) is 0 Å². The Labute approximate surface area is 120 Å². The summed E-state index contributed by atoms with van der Waals surface area (Å²) >= 11 is 0. The summed E-state index contributed by atoms with van der Waals surface area (Å²) in [6.45, 7) is 0.822. The van der Waals surface area contributed by atoms with Crippen molar-refractivity contribution in [3.05, 3.63) is 47.5 Å². The fourth-order valence-corrected chi connectivity index (χ4v) is 2.56. The van der Waals surface area contributed by atoms with Crippen LogP contribution < -0.4 is 5.32 Å². The number of hydrogen-bond donors (Lipinski definition) is 2. The molecule has 112 valence electrons. The average molecular weight is 294 g/mol. The van der Waals surface area contributed by atoms with Crippen LogP contribution >= 0.6 is 0 Å². The molecule has 2 N–H and O–H groups in total. The predicted octanol–water partition coefficient (Wildman–Crippen LogP) is 1.19. The molecular weight excluding hydrogens is 278 g/mol. The van der Waals surface area contributed by atoms with Crippen molar-refractivity contribution >= 4 is 0 Å². The second kappa shape index (κ2) is 5.87. The quantitative estimate of drug-likeness (QED) is 0.889. The third-order valence-corrected chi connectivity index (χ3v) is 3.72. The molecule has 0 spiro atoms. The number of aryl methyl sites for hydroxylation is 1. The normalized spacial score (nSPS) is 19.3. The highest BCUT2D eigenvalue weighted by Gasteiger charge is 2.21. The standard InChI is InChI=1S/C14H16F2N4O/c15-9-1-3-12(16)11(5-9)13(21)6-17-10-2-4-14-18-8-19-20(14)7-10/h1,3,5,8,10,13,17,21H,2,4,6-7H2/t10-,13-/m1/s1. The molecule has 1 aliphatic heterocycles. The van der Waals surface area contributed by atoms with E-state index in [2.05, 4.69) is 15.4 Å².